The van der Waals surface area contributed by atoms with Crippen molar-refractivity contribution in [2.24, 2.45) is 0 Å². The maximum absolute atomic E-state index is 10.6. The minimum absolute atomic E-state index is 0.300. The molecule has 0 unspecified atom stereocenters. The zero-order valence-electron chi connectivity index (χ0n) is 7.31. The van der Waals surface area contributed by atoms with E-state index >= 15 is 0 Å². The average Bonchev–Trinajstić information content (AvgIpc) is 2.52. The van der Waals surface area contributed by atoms with Gasteiger partial charge in [-0.05, 0) is 19.9 Å². The van der Waals surface area contributed by atoms with Crippen LogP contribution in [0.3, 0.4) is 0 Å². The van der Waals surface area contributed by atoms with E-state index in [1.807, 2.05) is 0 Å². The van der Waals surface area contributed by atoms with Crippen molar-refractivity contribution in [3.63, 3.8) is 0 Å². The lowest BCUT2D eigenvalue weighted by Crippen LogP contribution is -2.17. The zero-order valence-corrected chi connectivity index (χ0v) is 7.31. The van der Waals surface area contributed by atoms with Crippen LogP contribution in [-0.4, -0.2) is 11.2 Å². The minimum atomic E-state index is -0.811. The average molecular weight is 183 g/mol. The number of aldehydes is 1. The summed E-state index contributed by atoms with van der Waals surface area (Å²) in [7, 11) is 0. The van der Waals surface area contributed by atoms with Gasteiger partial charge in [0.05, 0.1) is 11.5 Å². The van der Waals surface area contributed by atoms with Crippen LogP contribution in [0, 0.1) is 10.1 Å². The van der Waals surface area contributed by atoms with Gasteiger partial charge in [0, 0.05) is 0 Å². The van der Waals surface area contributed by atoms with E-state index in [1.165, 1.54) is 12.1 Å². The van der Waals surface area contributed by atoms with Crippen molar-refractivity contribution >= 4 is 12.2 Å². The van der Waals surface area contributed by atoms with Crippen LogP contribution in [0.25, 0.3) is 0 Å². The van der Waals surface area contributed by atoms with E-state index in [0.29, 0.717) is 12.0 Å². The number of nitrogens with zero attached hydrogens (tertiary/aromatic N) is 1. The lowest BCUT2D eigenvalue weighted by atomic mass is 9.93. The van der Waals surface area contributed by atoms with E-state index in [-0.39, 0.29) is 5.88 Å². The van der Waals surface area contributed by atoms with Gasteiger partial charge in [0.15, 0.2) is 0 Å². The molecule has 5 nitrogen and oxygen atoms in total. The van der Waals surface area contributed by atoms with E-state index in [0.717, 1.165) is 0 Å². The first kappa shape index (κ1) is 9.44. The molecule has 70 valence electrons. The molecule has 13 heavy (non-hydrogen) atoms. The van der Waals surface area contributed by atoms with Crippen LogP contribution in [0.2, 0.25) is 0 Å². The molecule has 0 radical (unpaired) electrons. The summed E-state index contributed by atoms with van der Waals surface area (Å²) in [5.41, 5.74) is -0.811. The Morgan fingerprint density at radius 2 is 2.15 bits per heavy atom. The third-order valence-electron chi connectivity index (χ3n) is 1.70. The van der Waals surface area contributed by atoms with Crippen LogP contribution >= 0.6 is 0 Å². The number of hydrogen-bond acceptors (Lipinski definition) is 4. The van der Waals surface area contributed by atoms with Crippen molar-refractivity contribution < 1.29 is 14.1 Å². The second-order valence-corrected chi connectivity index (χ2v) is 3.23. The molecule has 0 atom stereocenters. The van der Waals surface area contributed by atoms with Crippen molar-refractivity contribution in [3.8, 4) is 0 Å². The van der Waals surface area contributed by atoms with Gasteiger partial charge in [-0.3, -0.25) is 10.1 Å². The molecule has 0 N–H and O–H groups in total. The number of furan rings is 1. The Balaban J connectivity index is 3.05. The molecule has 0 saturated heterocycles. The third kappa shape index (κ3) is 1.74. The molecule has 5 heteroatoms. The van der Waals surface area contributed by atoms with Crippen molar-refractivity contribution in [2.75, 3.05) is 0 Å². The van der Waals surface area contributed by atoms with Crippen LogP contribution in [0.4, 0.5) is 5.88 Å². The molecule has 1 aromatic heterocycles. The predicted octanol–water partition coefficient (Wildman–Crippen LogP) is 1.66. The first-order valence-corrected chi connectivity index (χ1v) is 3.68. The number of rotatable bonds is 3. The third-order valence-corrected chi connectivity index (χ3v) is 1.70. The van der Waals surface area contributed by atoms with Gasteiger partial charge in [-0.15, -0.1) is 0 Å². The topological polar surface area (TPSA) is 73.3 Å². The number of nitro groups is 1. The molecular weight excluding hydrogens is 174 g/mol. The van der Waals surface area contributed by atoms with Gasteiger partial charge in [0.1, 0.15) is 17.0 Å². The summed E-state index contributed by atoms with van der Waals surface area (Å²) in [5.74, 6) is -0.0425. The van der Waals surface area contributed by atoms with Gasteiger partial charge in [-0.2, -0.15) is 0 Å². The van der Waals surface area contributed by atoms with Gasteiger partial charge in [-0.1, -0.05) is 0 Å². The Kier molecular flexibility index (Phi) is 2.18. The summed E-state index contributed by atoms with van der Waals surface area (Å²) < 4.78 is 4.87. The molecular formula is C8H9NO4. The van der Waals surface area contributed by atoms with E-state index in [1.54, 1.807) is 13.8 Å². The first-order valence-electron chi connectivity index (χ1n) is 3.68. The molecule has 0 bridgehead atoms. The molecule has 0 aliphatic rings. The first-order chi connectivity index (χ1) is 5.97. The standard InChI is InChI=1S/C8H9NO4/c1-8(2,5-10)6-3-4-7(13-6)9(11)12/h3-5H,1-2H3. The summed E-state index contributed by atoms with van der Waals surface area (Å²) in [6.07, 6.45) is 0.690. The van der Waals surface area contributed by atoms with Crippen LogP contribution in [0.15, 0.2) is 16.5 Å². The van der Waals surface area contributed by atoms with E-state index in [2.05, 4.69) is 0 Å². The van der Waals surface area contributed by atoms with E-state index < -0.39 is 10.3 Å². The predicted molar refractivity (Wildman–Crippen MR) is 44.5 cm³/mol. The Morgan fingerprint density at radius 3 is 2.54 bits per heavy atom. The Hall–Kier alpha value is -1.65. The lowest BCUT2D eigenvalue weighted by molar-refractivity contribution is -0.402. The molecule has 0 amide bonds. The molecule has 0 saturated carbocycles. The smallest absolute Gasteiger partial charge is 0.405 e. The molecule has 1 heterocycles. The molecule has 0 aliphatic carbocycles. The fraction of sp³-hybridized carbons (Fsp3) is 0.375. The summed E-state index contributed by atoms with van der Waals surface area (Å²) >= 11 is 0. The molecule has 0 fully saturated rings. The minimum Gasteiger partial charge on any atom is -0.405 e. The van der Waals surface area contributed by atoms with Crippen LogP contribution in [0.1, 0.15) is 19.6 Å². The fourth-order valence-electron chi connectivity index (χ4n) is 0.830. The van der Waals surface area contributed by atoms with Gasteiger partial charge < -0.3 is 9.21 Å². The van der Waals surface area contributed by atoms with Crippen molar-refractivity contribution in [1.29, 1.82) is 0 Å². The van der Waals surface area contributed by atoms with Crippen LogP contribution in [0.5, 0.6) is 0 Å². The van der Waals surface area contributed by atoms with Crippen molar-refractivity contribution in [2.45, 2.75) is 19.3 Å². The number of carbonyl (C=O) groups is 1. The Morgan fingerprint density at radius 1 is 1.54 bits per heavy atom. The van der Waals surface area contributed by atoms with Gasteiger partial charge in [0.2, 0.25) is 0 Å². The highest BCUT2D eigenvalue weighted by molar-refractivity contribution is 5.65. The zero-order chi connectivity index (χ0) is 10.1. The second kappa shape index (κ2) is 3.01. The fourth-order valence-corrected chi connectivity index (χ4v) is 0.830. The largest absolute Gasteiger partial charge is 0.433 e. The molecule has 1 aromatic rings. The number of hydrogen-bond donors (Lipinski definition) is 0. The van der Waals surface area contributed by atoms with Gasteiger partial charge >= 0.3 is 5.88 Å². The second-order valence-electron chi connectivity index (χ2n) is 3.23. The summed E-state index contributed by atoms with van der Waals surface area (Å²) in [6, 6.07) is 2.67. The van der Waals surface area contributed by atoms with Crippen molar-refractivity contribution in [3.05, 3.63) is 28.0 Å². The molecule has 0 aromatic carbocycles. The maximum atomic E-state index is 10.6. The van der Waals surface area contributed by atoms with E-state index in [4.69, 9.17) is 4.42 Å². The lowest BCUT2D eigenvalue weighted by Gasteiger charge is -2.11. The monoisotopic (exact) mass is 183 g/mol. The highest BCUT2D eigenvalue weighted by atomic mass is 16.6. The van der Waals surface area contributed by atoms with E-state index in [9.17, 15) is 14.9 Å². The number of carbonyl (C=O) groups excluding carboxylic acids is 1. The Bertz CT molecular complexity index is 340. The summed E-state index contributed by atoms with van der Waals surface area (Å²) in [6.45, 7) is 3.26. The van der Waals surface area contributed by atoms with Gasteiger partial charge in [-0.25, -0.2) is 0 Å². The van der Waals surface area contributed by atoms with Crippen LogP contribution in [-0.2, 0) is 10.2 Å². The quantitative estimate of drug-likeness (QED) is 0.405. The SMILES string of the molecule is CC(C)(C=O)c1ccc([N+](=O)[O-])o1. The highest BCUT2D eigenvalue weighted by Crippen LogP contribution is 2.26. The summed E-state index contributed by atoms with van der Waals surface area (Å²) in [5, 5.41) is 10.3. The van der Waals surface area contributed by atoms with Crippen LogP contribution < -0.4 is 0 Å². The highest BCUT2D eigenvalue weighted by Gasteiger charge is 2.26. The Labute approximate surface area is 74.5 Å². The molecule has 1 rings (SSSR count). The van der Waals surface area contributed by atoms with Gasteiger partial charge in [0.25, 0.3) is 0 Å². The summed E-state index contributed by atoms with van der Waals surface area (Å²) in [4.78, 5) is 20.2. The maximum Gasteiger partial charge on any atom is 0.433 e. The normalized spacial score (nSPS) is 11.2. The van der Waals surface area contributed by atoms with Crippen molar-refractivity contribution in [1.82, 2.24) is 0 Å². The molecule has 0 aliphatic heterocycles. The molecule has 0 spiro atoms.